The second kappa shape index (κ2) is 10.1. The molecule has 0 spiro atoms. The predicted molar refractivity (Wildman–Crippen MR) is 94.3 cm³/mol. The number of ether oxygens (including phenoxy) is 1. The first-order valence-electron chi connectivity index (χ1n) is 8.70. The standard InChI is InChI=1S/C19H29NO4/c1-4-5-6-7-8-9-17(22)24-16-11-10-14(12-15(16)21)19(23)18(20)13(2)3/h10-13,18,21H,4-9,20H2,1-3H3. The highest BCUT2D eigenvalue weighted by atomic mass is 16.5. The van der Waals surface area contributed by atoms with Crippen LogP contribution in [0.3, 0.4) is 0 Å². The number of hydrogen-bond donors (Lipinski definition) is 2. The van der Waals surface area contributed by atoms with Crippen molar-refractivity contribution < 1.29 is 19.4 Å². The Morgan fingerprint density at radius 2 is 1.83 bits per heavy atom. The van der Waals surface area contributed by atoms with Crippen molar-refractivity contribution in [1.29, 1.82) is 0 Å². The molecule has 5 nitrogen and oxygen atoms in total. The fourth-order valence-electron chi connectivity index (χ4n) is 2.30. The summed E-state index contributed by atoms with van der Waals surface area (Å²) in [6.07, 6.45) is 5.53. The first kappa shape index (κ1) is 20.2. The predicted octanol–water partition coefficient (Wildman–Crippen LogP) is 3.82. The molecular weight excluding hydrogens is 306 g/mol. The van der Waals surface area contributed by atoms with Crippen molar-refractivity contribution >= 4 is 11.8 Å². The average Bonchev–Trinajstić information content (AvgIpc) is 2.55. The van der Waals surface area contributed by atoms with Crippen LogP contribution in [0.2, 0.25) is 0 Å². The van der Waals surface area contributed by atoms with E-state index in [1.165, 1.54) is 24.6 Å². The van der Waals surface area contributed by atoms with Crippen LogP contribution in [0, 0.1) is 5.92 Å². The third-order valence-electron chi connectivity index (χ3n) is 3.97. The Morgan fingerprint density at radius 3 is 2.42 bits per heavy atom. The van der Waals surface area contributed by atoms with Crippen molar-refractivity contribution in [3.05, 3.63) is 23.8 Å². The fraction of sp³-hybridized carbons (Fsp3) is 0.579. The number of Topliss-reactive ketones (excluding diaryl/α,β-unsaturated/α-hetero) is 1. The Labute approximate surface area is 144 Å². The van der Waals surface area contributed by atoms with E-state index in [9.17, 15) is 14.7 Å². The second-order valence-electron chi connectivity index (χ2n) is 6.45. The van der Waals surface area contributed by atoms with Gasteiger partial charge >= 0.3 is 5.97 Å². The summed E-state index contributed by atoms with van der Waals surface area (Å²) in [7, 11) is 0. The van der Waals surface area contributed by atoms with Crippen LogP contribution < -0.4 is 10.5 Å². The van der Waals surface area contributed by atoms with Gasteiger partial charge in [-0.25, -0.2) is 0 Å². The van der Waals surface area contributed by atoms with E-state index in [2.05, 4.69) is 6.92 Å². The van der Waals surface area contributed by atoms with E-state index >= 15 is 0 Å². The number of carbonyl (C=O) groups is 2. The van der Waals surface area contributed by atoms with Crippen molar-refractivity contribution in [2.75, 3.05) is 0 Å². The molecule has 0 amide bonds. The molecule has 0 fully saturated rings. The number of rotatable bonds is 10. The molecule has 0 bridgehead atoms. The minimum absolute atomic E-state index is 0.00450. The molecule has 1 aromatic carbocycles. The highest BCUT2D eigenvalue weighted by Crippen LogP contribution is 2.28. The Morgan fingerprint density at radius 1 is 1.17 bits per heavy atom. The highest BCUT2D eigenvalue weighted by Gasteiger charge is 2.20. The van der Waals surface area contributed by atoms with Crippen LogP contribution >= 0.6 is 0 Å². The van der Waals surface area contributed by atoms with Gasteiger partial charge in [0.1, 0.15) is 0 Å². The number of esters is 1. The molecule has 0 radical (unpaired) electrons. The number of phenols is 1. The summed E-state index contributed by atoms with van der Waals surface area (Å²) in [6.45, 7) is 5.86. The van der Waals surface area contributed by atoms with Gasteiger partial charge < -0.3 is 15.6 Å². The quantitative estimate of drug-likeness (QED) is 0.293. The van der Waals surface area contributed by atoms with E-state index in [1.54, 1.807) is 0 Å². The number of aromatic hydroxyl groups is 1. The SMILES string of the molecule is CCCCCCCC(=O)Oc1ccc(C(=O)C(N)C(C)C)cc1O. The zero-order valence-corrected chi connectivity index (χ0v) is 14.9. The topological polar surface area (TPSA) is 89.6 Å². The summed E-state index contributed by atoms with van der Waals surface area (Å²) in [6, 6.07) is 3.63. The molecule has 1 rings (SSSR count). The van der Waals surface area contributed by atoms with Crippen LogP contribution in [-0.4, -0.2) is 22.9 Å². The summed E-state index contributed by atoms with van der Waals surface area (Å²) >= 11 is 0. The van der Waals surface area contributed by atoms with E-state index < -0.39 is 6.04 Å². The molecule has 134 valence electrons. The van der Waals surface area contributed by atoms with E-state index in [0.717, 1.165) is 25.7 Å². The molecule has 0 saturated heterocycles. The van der Waals surface area contributed by atoms with Crippen molar-refractivity contribution in [2.45, 2.75) is 65.3 Å². The van der Waals surface area contributed by atoms with Crippen molar-refractivity contribution in [1.82, 2.24) is 0 Å². The van der Waals surface area contributed by atoms with Crippen LogP contribution in [0.25, 0.3) is 0 Å². The summed E-state index contributed by atoms with van der Waals surface area (Å²) in [4.78, 5) is 23.9. The van der Waals surface area contributed by atoms with E-state index in [0.29, 0.717) is 12.0 Å². The zero-order chi connectivity index (χ0) is 18.1. The first-order chi connectivity index (χ1) is 11.4. The number of nitrogens with two attached hydrogens (primary N) is 1. The van der Waals surface area contributed by atoms with Gasteiger partial charge in [-0.3, -0.25) is 9.59 Å². The van der Waals surface area contributed by atoms with E-state index in [1.807, 2.05) is 13.8 Å². The van der Waals surface area contributed by atoms with Crippen LogP contribution in [0.4, 0.5) is 0 Å². The van der Waals surface area contributed by atoms with Gasteiger partial charge in [-0.2, -0.15) is 0 Å². The normalized spacial score (nSPS) is 12.2. The van der Waals surface area contributed by atoms with Crippen molar-refractivity contribution in [2.24, 2.45) is 11.7 Å². The zero-order valence-electron chi connectivity index (χ0n) is 14.9. The number of hydrogen-bond acceptors (Lipinski definition) is 5. The first-order valence-corrected chi connectivity index (χ1v) is 8.70. The van der Waals surface area contributed by atoms with Crippen LogP contribution in [-0.2, 0) is 4.79 Å². The molecule has 24 heavy (non-hydrogen) atoms. The minimum Gasteiger partial charge on any atom is -0.504 e. The van der Waals surface area contributed by atoms with Gasteiger partial charge in [-0.15, -0.1) is 0 Å². The van der Waals surface area contributed by atoms with Crippen molar-refractivity contribution in [3.63, 3.8) is 0 Å². The van der Waals surface area contributed by atoms with Gasteiger partial charge in [-0.1, -0.05) is 46.5 Å². The molecular formula is C19H29NO4. The number of ketones is 1. The lowest BCUT2D eigenvalue weighted by molar-refractivity contribution is -0.134. The smallest absolute Gasteiger partial charge is 0.311 e. The van der Waals surface area contributed by atoms with Gasteiger partial charge in [-0.05, 0) is 30.5 Å². The van der Waals surface area contributed by atoms with E-state index in [4.69, 9.17) is 10.5 Å². The van der Waals surface area contributed by atoms with Gasteiger partial charge in [0.25, 0.3) is 0 Å². The van der Waals surface area contributed by atoms with Crippen molar-refractivity contribution in [3.8, 4) is 11.5 Å². The lowest BCUT2D eigenvalue weighted by atomic mass is 9.96. The number of benzene rings is 1. The second-order valence-corrected chi connectivity index (χ2v) is 6.45. The number of unbranched alkanes of at least 4 members (excludes halogenated alkanes) is 4. The maximum absolute atomic E-state index is 12.2. The van der Waals surface area contributed by atoms with Crippen LogP contribution in [0.5, 0.6) is 11.5 Å². The lowest BCUT2D eigenvalue weighted by Crippen LogP contribution is -2.35. The lowest BCUT2D eigenvalue weighted by Gasteiger charge is -2.15. The average molecular weight is 335 g/mol. The van der Waals surface area contributed by atoms with E-state index in [-0.39, 0.29) is 29.2 Å². The minimum atomic E-state index is -0.624. The van der Waals surface area contributed by atoms with Gasteiger partial charge in [0.15, 0.2) is 17.3 Å². The third-order valence-corrected chi connectivity index (χ3v) is 3.97. The molecule has 0 aliphatic heterocycles. The third kappa shape index (κ3) is 6.32. The molecule has 3 N–H and O–H groups in total. The Bertz CT molecular complexity index is 554. The molecule has 1 atom stereocenters. The maximum atomic E-state index is 12.2. The summed E-state index contributed by atoms with van der Waals surface area (Å²) in [5, 5.41) is 9.98. The Kier molecular flexibility index (Phi) is 8.47. The summed E-state index contributed by atoms with van der Waals surface area (Å²) in [5.74, 6) is -0.766. The van der Waals surface area contributed by atoms with Crippen LogP contribution in [0.15, 0.2) is 18.2 Å². The van der Waals surface area contributed by atoms with Gasteiger partial charge in [0.05, 0.1) is 6.04 Å². The largest absolute Gasteiger partial charge is 0.504 e. The molecule has 0 heterocycles. The summed E-state index contributed by atoms with van der Waals surface area (Å²) < 4.78 is 5.16. The molecule has 0 aromatic heterocycles. The molecule has 0 aliphatic carbocycles. The van der Waals surface area contributed by atoms with Crippen LogP contribution in [0.1, 0.15) is 69.7 Å². The molecule has 5 heteroatoms. The van der Waals surface area contributed by atoms with Gasteiger partial charge in [0, 0.05) is 12.0 Å². The molecule has 1 aromatic rings. The molecule has 1 unspecified atom stereocenters. The monoisotopic (exact) mass is 335 g/mol. The summed E-state index contributed by atoms with van der Waals surface area (Å²) in [5.41, 5.74) is 6.15. The fourth-order valence-corrected chi connectivity index (χ4v) is 2.30. The Hall–Kier alpha value is -1.88. The van der Waals surface area contributed by atoms with Gasteiger partial charge in [0.2, 0.25) is 0 Å². The highest BCUT2D eigenvalue weighted by molar-refractivity contribution is 6.00. The molecule has 0 aliphatic rings. The maximum Gasteiger partial charge on any atom is 0.311 e. The Balaban J connectivity index is 2.59. The number of carbonyl (C=O) groups excluding carboxylic acids is 2. The molecule has 0 saturated carbocycles. The number of phenolic OH excluding ortho intramolecular Hbond substituents is 1.